The minimum atomic E-state index is -2.89. The molecule has 0 unspecified atom stereocenters. The summed E-state index contributed by atoms with van der Waals surface area (Å²) >= 11 is 0. The fourth-order valence-electron chi connectivity index (χ4n) is 2.83. The van der Waals surface area contributed by atoms with E-state index in [-0.39, 0.29) is 12.1 Å². The lowest BCUT2D eigenvalue weighted by Gasteiger charge is -2.32. The summed E-state index contributed by atoms with van der Waals surface area (Å²) < 4.78 is 44.3. The van der Waals surface area contributed by atoms with E-state index in [2.05, 4.69) is 4.98 Å². The van der Waals surface area contributed by atoms with Crippen LogP contribution in [-0.2, 0) is 4.74 Å². The maximum Gasteiger partial charge on any atom is 0.410 e. The Hall–Kier alpha value is -2.57. The second-order valence-electron chi connectivity index (χ2n) is 5.88. The van der Waals surface area contributed by atoms with Crippen molar-refractivity contribution >= 4 is 6.09 Å². The van der Waals surface area contributed by atoms with Gasteiger partial charge in [-0.2, -0.15) is 0 Å². The molecule has 1 aromatic heterocycles. The number of ether oxygens (including phenoxy) is 1. The number of benzene rings is 1. The number of carbonyl (C=O) groups excluding carboxylic acids is 1. The Balaban J connectivity index is 1.91. The van der Waals surface area contributed by atoms with Crippen molar-refractivity contribution in [3.63, 3.8) is 0 Å². The first-order valence-corrected chi connectivity index (χ1v) is 7.93. The third-order valence-corrected chi connectivity index (χ3v) is 4.28. The lowest BCUT2D eigenvalue weighted by molar-refractivity contribution is 0.0580. The molecule has 2 aromatic rings. The van der Waals surface area contributed by atoms with Crippen LogP contribution >= 0.6 is 0 Å². The van der Waals surface area contributed by atoms with Gasteiger partial charge >= 0.3 is 6.09 Å². The zero-order valence-electron chi connectivity index (χ0n) is 13.6. The summed E-state index contributed by atoms with van der Waals surface area (Å²) in [5.74, 6) is -0.938. The van der Waals surface area contributed by atoms with Gasteiger partial charge in [0.25, 0.3) is 6.43 Å². The van der Waals surface area contributed by atoms with Crippen LogP contribution in [0.25, 0.3) is 11.1 Å². The predicted molar refractivity (Wildman–Crippen MR) is 85.7 cm³/mol. The number of cyclic esters (lactones) is 1. The minimum absolute atomic E-state index is 0.268. The summed E-state index contributed by atoms with van der Waals surface area (Å²) in [6.07, 6.45) is 0.615. The Labute approximate surface area is 143 Å². The van der Waals surface area contributed by atoms with E-state index in [1.807, 2.05) is 6.92 Å². The molecule has 1 aliphatic rings. The molecule has 1 aliphatic heterocycles. The van der Waals surface area contributed by atoms with Crippen LogP contribution in [0, 0.1) is 5.82 Å². The van der Waals surface area contributed by atoms with Crippen molar-refractivity contribution in [2.24, 2.45) is 0 Å². The van der Waals surface area contributed by atoms with Crippen molar-refractivity contribution in [2.75, 3.05) is 13.2 Å². The first-order chi connectivity index (χ1) is 12.0. The SMILES string of the molecule is C[C@H](c1cncc(-c2ccc(F)c(C(F)F)c2)c1)N1CCCOC1=O. The number of pyridine rings is 1. The van der Waals surface area contributed by atoms with Gasteiger partial charge in [-0.15, -0.1) is 0 Å². The van der Waals surface area contributed by atoms with Gasteiger partial charge in [0.15, 0.2) is 0 Å². The number of carbonyl (C=O) groups is 1. The molecule has 0 spiro atoms. The first-order valence-electron chi connectivity index (χ1n) is 7.93. The number of halogens is 3. The van der Waals surface area contributed by atoms with Crippen molar-refractivity contribution in [3.8, 4) is 11.1 Å². The Morgan fingerprint density at radius 2 is 2.00 bits per heavy atom. The molecule has 0 radical (unpaired) electrons. The van der Waals surface area contributed by atoms with Crippen LogP contribution in [0.4, 0.5) is 18.0 Å². The van der Waals surface area contributed by atoms with E-state index >= 15 is 0 Å². The van der Waals surface area contributed by atoms with Crippen molar-refractivity contribution in [1.29, 1.82) is 0 Å². The van der Waals surface area contributed by atoms with Crippen molar-refractivity contribution in [3.05, 3.63) is 53.6 Å². The standard InChI is InChI=1S/C18H17F3N2O2/c1-11(23-5-2-6-25-18(23)24)13-7-14(10-22-9-13)12-3-4-16(19)15(8-12)17(20)21/h3-4,7-11,17H,2,5-6H2,1H3/t11-/m1/s1. The monoisotopic (exact) mass is 350 g/mol. The van der Waals surface area contributed by atoms with E-state index in [4.69, 9.17) is 4.74 Å². The number of aromatic nitrogens is 1. The Kier molecular flexibility index (Phi) is 4.92. The molecule has 3 rings (SSSR count). The highest BCUT2D eigenvalue weighted by Crippen LogP contribution is 2.30. The van der Waals surface area contributed by atoms with E-state index in [1.165, 1.54) is 12.3 Å². The molecule has 1 atom stereocenters. The van der Waals surface area contributed by atoms with Gasteiger partial charge < -0.3 is 9.64 Å². The fraction of sp³-hybridized carbons (Fsp3) is 0.333. The molecule has 1 fully saturated rings. The highest BCUT2D eigenvalue weighted by Gasteiger charge is 2.26. The highest BCUT2D eigenvalue weighted by molar-refractivity contribution is 5.69. The molecule has 0 aliphatic carbocycles. The zero-order chi connectivity index (χ0) is 18.0. The molecule has 2 heterocycles. The van der Waals surface area contributed by atoms with Crippen molar-refractivity contribution in [1.82, 2.24) is 9.88 Å². The number of hydrogen-bond donors (Lipinski definition) is 0. The van der Waals surface area contributed by atoms with Gasteiger partial charge in [-0.1, -0.05) is 6.07 Å². The second-order valence-corrected chi connectivity index (χ2v) is 5.88. The predicted octanol–water partition coefficient (Wildman–Crippen LogP) is 4.73. The van der Waals surface area contributed by atoms with Gasteiger partial charge in [0.05, 0.1) is 18.2 Å². The number of hydrogen-bond acceptors (Lipinski definition) is 3. The lowest BCUT2D eigenvalue weighted by atomic mass is 10.0. The molecule has 132 valence electrons. The molecule has 0 saturated carbocycles. The normalized spacial score (nSPS) is 16.0. The topological polar surface area (TPSA) is 42.4 Å². The number of nitrogens with zero attached hydrogens (tertiary/aromatic N) is 2. The third kappa shape index (κ3) is 3.60. The van der Waals surface area contributed by atoms with Crippen LogP contribution in [-0.4, -0.2) is 29.1 Å². The number of rotatable bonds is 4. The fourth-order valence-corrected chi connectivity index (χ4v) is 2.83. The van der Waals surface area contributed by atoms with Crippen molar-refractivity contribution < 1.29 is 22.7 Å². The van der Waals surface area contributed by atoms with Gasteiger partial charge in [-0.25, -0.2) is 18.0 Å². The molecule has 1 amide bonds. The maximum atomic E-state index is 13.5. The summed E-state index contributed by atoms with van der Waals surface area (Å²) in [7, 11) is 0. The van der Waals surface area contributed by atoms with Gasteiger partial charge in [0.1, 0.15) is 5.82 Å². The zero-order valence-corrected chi connectivity index (χ0v) is 13.6. The summed E-state index contributed by atoms with van der Waals surface area (Å²) in [6, 6.07) is 5.08. The van der Waals surface area contributed by atoms with Crippen LogP contribution in [0.15, 0.2) is 36.7 Å². The third-order valence-electron chi connectivity index (χ3n) is 4.28. The van der Waals surface area contributed by atoms with Crippen LogP contribution in [0.1, 0.15) is 36.9 Å². The van der Waals surface area contributed by atoms with Gasteiger partial charge in [-0.05, 0) is 42.7 Å². The van der Waals surface area contributed by atoms with E-state index in [1.54, 1.807) is 17.2 Å². The van der Waals surface area contributed by atoms with Gasteiger partial charge in [0, 0.05) is 24.5 Å². The maximum absolute atomic E-state index is 13.5. The molecule has 1 saturated heterocycles. The Bertz CT molecular complexity index is 783. The second kappa shape index (κ2) is 7.13. The van der Waals surface area contributed by atoms with Crippen LogP contribution in [0.3, 0.4) is 0 Å². The molecular formula is C18H17F3N2O2. The van der Waals surface area contributed by atoms with Crippen LogP contribution < -0.4 is 0 Å². The molecule has 7 heteroatoms. The first kappa shape index (κ1) is 17.3. The number of amides is 1. The molecular weight excluding hydrogens is 333 g/mol. The largest absolute Gasteiger partial charge is 0.449 e. The summed E-state index contributed by atoms with van der Waals surface area (Å²) in [5, 5.41) is 0. The van der Waals surface area contributed by atoms with E-state index in [0.29, 0.717) is 24.3 Å². The smallest absolute Gasteiger partial charge is 0.410 e. The molecule has 1 aromatic carbocycles. The van der Waals surface area contributed by atoms with E-state index in [0.717, 1.165) is 24.1 Å². The highest BCUT2D eigenvalue weighted by atomic mass is 19.3. The van der Waals surface area contributed by atoms with Gasteiger partial charge in [0.2, 0.25) is 0 Å². The average molecular weight is 350 g/mol. The summed E-state index contributed by atoms with van der Waals surface area (Å²) in [6.45, 7) is 2.84. The van der Waals surface area contributed by atoms with E-state index < -0.39 is 17.8 Å². The van der Waals surface area contributed by atoms with E-state index in [9.17, 15) is 18.0 Å². The minimum Gasteiger partial charge on any atom is -0.449 e. The molecule has 0 N–H and O–H groups in total. The molecule has 4 nitrogen and oxygen atoms in total. The average Bonchev–Trinajstić information content (AvgIpc) is 2.62. The van der Waals surface area contributed by atoms with Gasteiger partial charge in [-0.3, -0.25) is 4.98 Å². The van der Waals surface area contributed by atoms with Crippen LogP contribution in [0.5, 0.6) is 0 Å². The Morgan fingerprint density at radius 3 is 2.72 bits per heavy atom. The van der Waals surface area contributed by atoms with Crippen LogP contribution in [0.2, 0.25) is 0 Å². The van der Waals surface area contributed by atoms with Crippen molar-refractivity contribution in [2.45, 2.75) is 25.8 Å². The number of alkyl halides is 2. The summed E-state index contributed by atoms with van der Waals surface area (Å²) in [5.41, 5.74) is 1.13. The molecule has 25 heavy (non-hydrogen) atoms. The lowest BCUT2D eigenvalue weighted by Crippen LogP contribution is -2.39. The molecule has 0 bridgehead atoms. The quantitative estimate of drug-likeness (QED) is 0.801. The Morgan fingerprint density at radius 1 is 1.20 bits per heavy atom. The summed E-state index contributed by atoms with van der Waals surface area (Å²) in [4.78, 5) is 17.6.